The van der Waals surface area contributed by atoms with Gasteiger partial charge in [0.05, 0.1) is 22.5 Å². The molecule has 0 aliphatic rings. The van der Waals surface area contributed by atoms with Crippen molar-refractivity contribution in [1.29, 1.82) is 0 Å². The predicted molar refractivity (Wildman–Crippen MR) is 133 cm³/mol. The summed E-state index contributed by atoms with van der Waals surface area (Å²) in [5.74, 6) is 0.261. The van der Waals surface area contributed by atoms with Crippen molar-refractivity contribution in [2.75, 3.05) is 17.7 Å². The molecule has 2 aromatic heterocycles. The van der Waals surface area contributed by atoms with E-state index in [1.165, 1.54) is 25.4 Å². The number of urea groups is 1. The maximum atomic E-state index is 12.7. The molecule has 2 heterocycles. The van der Waals surface area contributed by atoms with E-state index < -0.39 is 11.9 Å². The number of carbonyl (C=O) groups is 2. The Labute approximate surface area is 206 Å². The molecular weight excluding hydrogens is 470 g/mol. The van der Waals surface area contributed by atoms with Crippen molar-refractivity contribution in [1.82, 2.24) is 9.88 Å². The van der Waals surface area contributed by atoms with Crippen LogP contribution in [0.5, 0.6) is 11.5 Å². The Kier molecular flexibility index (Phi) is 6.88. The first-order chi connectivity index (χ1) is 16.9. The fourth-order valence-corrected chi connectivity index (χ4v) is 3.62. The summed E-state index contributed by atoms with van der Waals surface area (Å²) in [7, 11) is 1.44. The molecule has 3 N–H and O–H groups in total. The van der Waals surface area contributed by atoms with Gasteiger partial charge >= 0.3 is 11.9 Å². The zero-order chi connectivity index (χ0) is 24.9. The number of ether oxygens (including phenoxy) is 1. The van der Waals surface area contributed by atoms with Gasteiger partial charge in [-0.2, -0.15) is 4.73 Å². The second-order valence-electron chi connectivity index (χ2n) is 7.54. The first-order valence-corrected chi connectivity index (χ1v) is 11.0. The molecule has 0 fully saturated rings. The van der Waals surface area contributed by atoms with Crippen LogP contribution in [0.1, 0.15) is 16.1 Å². The summed E-state index contributed by atoms with van der Waals surface area (Å²) in [6.07, 6.45) is 4.90. The molecule has 9 nitrogen and oxygen atoms in total. The smallest absolute Gasteiger partial charge is 0.323 e. The highest BCUT2D eigenvalue weighted by Crippen LogP contribution is 2.32. The maximum absolute atomic E-state index is 12.7. The number of benzene rings is 2. The van der Waals surface area contributed by atoms with Crippen LogP contribution in [-0.2, 0) is 0 Å². The van der Waals surface area contributed by atoms with Crippen molar-refractivity contribution < 1.29 is 19.1 Å². The number of amides is 3. The molecule has 0 atom stereocenters. The lowest BCUT2D eigenvalue weighted by molar-refractivity contribution is -0.607. The summed E-state index contributed by atoms with van der Waals surface area (Å²) < 4.78 is 8.02. The lowest BCUT2D eigenvalue weighted by atomic mass is 10.2. The number of hydrogen-bond donors (Lipinski definition) is 3. The number of nitrogens with zero attached hydrogens (tertiary/aromatic N) is 2. The molecule has 0 saturated heterocycles. The molecule has 10 heteroatoms. The standard InChI is InChI=1S/C25H22ClN5O4/c1-16-5-10-20(23(22(16)26)30-12-3-4-13-30)29-25(33)28-17-6-8-18(9-7-17)35-19-11-14-31(34)21(15-19)24(32)27-2/h3-15H,1-2H3,(H,27,32)(H2,28,29,33). The van der Waals surface area contributed by atoms with Gasteiger partial charge in [0, 0.05) is 31.2 Å². The number of anilines is 2. The second kappa shape index (κ2) is 10.2. The monoisotopic (exact) mass is 491 g/mol. The fraction of sp³-hybridized carbons (Fsp3) is 0.0800. The van der Waals surface area contributed by atoms with E-state index in [1.807, 2.05) is 42.1 Å². The van der Waals surface area contributed by atoms with E-state index in [2.05, 4.69) is 16.0 Å². The topological polar surface area (TPSA) is 111 Å². The molecule has 4 rings (SSSR count). The number of carbonyl (C=O) groups excluding carboxylic acids is 2. The molecule has 3 amide bonds. The second-order valence-corrected chi connectivity index (χ2v) is 7.92. The van der Waals surface area contributed by atoms with Crippen LogP contribution in [0.15, 0.2) is 79.3 Å². The predicted octanol–water partition coefficient (Wildman–Crippen LogP) is 4.87. The van der Waals surface area contributed by atoms with Crippen LogP contribution < -0.4 is 25.4 Å². The SMILES string of the molecule is CNC(=O)c1cc(Oc2ccc(NC(=O)Nc3ccc(C)c(Cl)c3-n3cccc3)cc2)cc[n+]1[O-]. The van der Waals surface area contributed by atoms with Gasteiger partial charge in [0.15, 0.2) is 6.20 Å². The van der Waals surface area contributed by atoms with E-state index in [-0.39, 0.29) is 5.69 Å². The average molecular weight is 492 g/mol. The number of aromatic nitrogens is 2. The van der Waals surface area contributed by atoms with Crippen LogP contribution in [0.25, 0.3) is 5.69 Å². The molecule has 0 radical (unpaired) electrons. The average Bonchev–Trinajstić information content (AvgIpc) is 3.38. The van der Waals surface area contributed by atoms with Crippen LogP contribution in [0.3, 0.4) is 0 Å². The van der Waals surface area contributed by atoms with Gasteiger partial charge in [-0.3, -0.25) is 4.79 Å². The summed E-state index contributed by atoms with van der Waals surface area (Å²) in [6, 6.07) is 16.4. The van der Waals surface area contributed by atoms with Crippen LogP contribution in [0.4, 0.5) is 16.2 Å². The normalized spacial score (nSPS) is 10.5. The van der Waals surface area contributed by atoms with E-state index in [9.17, 15) is 14.8 Å². The van der Waals surface area contributed by atoms with Crippen molar-refractivity contribution >= 4 is 34.9 Å². The highest BCUT2D eigenvalue weighted by atomic mass is 35.5. The maximum Gasteiger partial charge on any atom is 0.323 e. The molecule has 0 unspecified atom stereocenters. The summed E-state index contributed by atoms with van der Waals surface area (Å²) >= 11 is 6.51. The van der Waals surface area contributed by atoms with Crippen molar-refractivity contribution in [3.8, 4) is 17.2 Å². The van der Waals surface area contributed by atoms with Crippen LogP contribution in [0.2, 0.25) is 5.02 Å². The van der Waals surface area contributed by atoms with Gasteiger partial charge in [-0.05, 0) is 55.0 Å². The zero-order valence-electron chi connectivity index (χ0n) is 18.9. The number of aryl methyl sites for hydroxylation is 1. The van der Waals surface area contributed by atoms with E-state index in [0.717, 1.165) is 5.56 Å². The third kappa shape index (κ3) is 5.36. The van der Waals surface area contributed by atoms with Crippen molar-refractivity contribution in [3.05, 3.63) is 101 Å². The quantitative estimate of drug-likeness (QED) is 0.264. The van der Waals surface area contributed by atoms with E-state index in [0.29, 0.717) is 38.3 Å². The summed E-state index contributed by atoms with van der Waals surface area (Å²) in [5, 5.41) is 20.3. The first-order valence-electron chi connectivity index (χ1n) is 10.6. The lowest BCUT2D eigenvalue weighted by Crippen LogP contribution is -2.37. The highest BCUT2D eigenvalue weighted by Gasteiger charge is 2.16. The van der Waals surface area contributed by atoms with Crippen molar-refractivity contribution in [3.63, 3.8) is 0 Å². The van der Waals surface area contributed by atoms with Crippen LogP contribution in [0, 0.1) is 12.1 Å². The molecule has 35 heavy (non-hydrogen) atoms. The Bertz CT molecular complexity index is 1370. The van der Waals surface area contributed by atoms with Gasteiger partial charge in [0.2, 0.25) is 0 Å². The number of halogens is 1. The molecule has 0 bridgehead atoms. The minimum absolute atomic E-state index is 0.0875. The van der Waals surface area contributed by atoms with Gasteiger partial charge in [-0.1, -0.05) is 17.7 Å². The number of nitrogens with one attached hydrogen (secondary N) is 3. The molecule has 0 aliphatic heterocycles. The summed E-state index contributed by atoms with van der Waals surface area (Å²) in [6.45, 7) is 1.90. The molecule has 0 saturated carbocycles. The van der Waals surface area contributed by atoms with Crippen LogP contribution >= 0.6 is 11.6 Å². The third-order valence-electron chi connectivity index (χ3n) is 5.12. The summed E-state index contributed by atoms with van der Waals surface area (Å²) in [5.41, 5.74) is 2.57. The number of pyridine rings is 1. The van der Waals surface area contributed by atoms with Gasteiger partial charge < -0.3 is 30.5 Å². The van der Waals surface area contributed by atoms with Crippen molar-refractivity contribution in [2.45, 2.75) is 6.92 Å². The lowest BCUT2D eigenvalue weighted by Gasteiger charge is -2.16. The van der Waals surface area contributed by atoms with E-state index in [4.69, 9.17) is 16.3 Å². The molecule has 4 aromatic rings. The Morgan fingerprint density at radius 3 is 2.40 bits per heavy atom. The Morgan fingerprint density at radius 2 is 1.71 bits per heavy atom. The minimum Gasteiger partial charge on any atom is -0.618 e. The zero-order valence-corrected chi connectivity index (χ0v) is 19.7. The number of hydrogen-bond acceptors (Lipinski definition) is 4. The van der Waals surface area contributed by atoms with Gasteiger partial charge in [0.1, 0.15) is 11.5 Å². The third-order valence-corrected chi connectivity index (χ3v) is 5.60. The van der Waals surface area contributed by atoms with Gasteiger partial charge in [0.25, 0.3) is 5.69 Å². The molecule has 178 valence electrons. The first kappa shape index (κ1) is 23.7. The Morgan fingerprint density at radius 1 is 1.00 bits per heavy atom. The minimum atomic E-state index is -0.522. The number of rotatable bonds is 6. The van der Waals surface area contributed by atoms with E-state index >= 15 is 0 Å². The summed E-state index contributed by atoms with van der Waals surface area (Å²) in [4.78, 5) is 24.5. The van der Waals surface area contributed by atoms with Crippen molar-refractivity contribution in [2.24, 2.45) is 0 Å². The Balaban J connectivity index is 1.44. The fourth-order valence-electron chi connectivity index (χ4n) is 3.35. The van der Waals surface area contributed by atoms with Gasteiger partial charge in [-0.25, -0.2) is 4.79 Å². The highest BCUT2D eigenvalue weighted by molar-refractivity contribution is 6.34. The van der Waals surface area contributed by atoms with Gasteiger partial charge in [-0.15, -0.1) is 0 Å². The van der Waals surface area contributed by atoms with Crippen LogP contribution in [-0.4, -0.2) is 23.6 Å². The Hall–Kier alpha value is -4.50. The molecule has 0 spiro atoms. The largest absolute Gasteiger partial charge is 0.618 e. The molecular formula is C25H22ClN5O4. The van der Waals surface area contributed by atoms with E-state index in [1.54, 1.807) is 30.3 Å². The molecule has 0 aliphatic carbocycles. The molecule has 2 aromatic carbocycles.